The van der Waals surface area contributed by atoms with E-state index in [9.17, 15) is 14.9 Å². The summed E-state index contributed by atoms with van der Waals surface area (Å²) in [5, 5.41) is 16.6. The number of anilines is 1. The van der Waals surface area contributed by atoms with Gasteiger partial charge in [-0.05, 0) is 32.3 Å². The van der Waals surface area contributed by atoms with Gasteiger partial charge < -0.3 is 10.6 Å². The fourth-order valence-corrected chi connectivity index (χ4v) is 1.63. The standard InChI is InChI=1S/C12H16N4O3/c1-7-5-10(16(18)19)11(13-6-7)14-8(2)12(17)15-9-3-4-9/h5-6,8-9H,3-4H2,1-2H3,(H,13,14)(H,15,17). The Morgan fingerprint density at radius 3 is 2.84 bits per heavy atom. The monoisotopic (exact) mass is 264 g/mol. The number of hydrogen-bond acceptors (Lipinski definition) is 5. The molecule has 1 aromatic heterocycles. The molecular formula is C12H16N4O3. The first-order chi connectivity index (χ1) is 8.97. The number of nitro groups is 1. The lowest BCUT2D eigenvalue weighted by atomic mass is 10.2. The Labute approximate surface area is 110 Å². The third-order valence-corrected chi connectivity index (χ3v) is 2.87. The molecule has 2 N–H and O–H groups in total. The van der Waals surface area contributed by atoms with E-state index in [1.807, 2.05) is 0 Å². The molecule has 2 rings (SSSR count). The normalized spacial score (nSPS) is 15.7. The van der Waals surface area contributed by atoms with Crippen molar-refractivity contribution in [1.29, 1.82) is 0 Å². The van der Waals surface area contributed by atoms with Gasteiger partial charge in [0.05, 0.1) is 4.92 Å². The summed E-state index contributed by atoms with van der Waals surface area (Å²) in [6.45, 7) is 3.38. The molecule has 1 fully saturated rings. The van der Waals surface area contributed by atoms with Crippen molar-refractivity contribution in [3.63, 3.8) is 0 Å². The highest BCUT2D eigenvalue weighted by Gasteiger charge is 2.27. The second-order valence-electron chi connectivity index (χ2n) is 4.79. The molecule has 0 aromatic carbocycles. The zero-order chi connectivity index (χ0) is 14.0. The molecule has 102 valence electrons. The summed E-state index contributed by atoms with van der Waals surface area (Å²) in [6.07, 6.45) is 3.53. The minimum Gasteiger partial charge on any atom is -0.353 e. The van der Waals surface area contributed by atoms with Crippen molar-refractivity contribution >= 4 is 17.4 Å². The molecule has 0 spiro atoms. The largest absolute Gasteiger partial charge is 0.353 e. The quantitative estimate of drug-likeness (QED) is 0.618. The van der Waals surface area contributed by atoms with Gasteiger partial charge in [0.1, 0.15) is 6.04 Å². The number of hydrogen-bond donors (Lipinski definition) is 2. The molecule has 0 bridgehead atoms. The summed E-state index contributed by atoms with van der Waals surface area (Å²) in [5.41, 5.74) is 0.582. The van der Waals surface area contributed by atoms with Gasteiger partial charge >= 0.3 is 5.69 Å². The van der Waals surface area contributed by atoms with E-state index in [1.54, 1.807) is 13.8 Å². The van der Waals surface area contributed by atoms with Crippen molar-refractivity contribution in [3.05, 3.63) is 27.9 Å². The molecule has 1 aromatic rings. The van der Waals surface area contributed by atoms with Gasteiger partial charge in [-0.15, -0.1) is 0 Å². The van der Waals surface area contributed by atoms with Gasteiger partial charge in [0.15, 0.2) is 0 Å². The topological polar surface area (TPSA) is 97.2 Å². The molecule has 1 unspecified atom stereocenters. The predicted octanol–water partition coefficient (Wildman–Crippen LogP) is 1.38. The van der Waals surface area contributed by atoms with Crippen LogP contribution < -0.4 is 10.6 Å². The van der Waals surface area contributed by atoms with Crippen molar-refractivity contribution in [2.45, 2.75) is 38.8 Å². The molecule has 1 atom stereocenters. The first kappa shape index (κ1) is 13.3. The van der Waals surface area contributed by atoms with Crippen LogP contribution in [-0.2, 0) is 4.79 Å². The van der Waals surface area contributed by atoms with Gasteiger partial charge in [0, 0.05) is 18.3 Å². The molecule has 1 heterocycles. The number of amides is 1. The predicted molar refractivity (Wildman–Crippen MR) is 69.9 cm³/mol. The lowest BCUT2D eigenvalue weighted by molar-refractivity contribution is -0.384. The van der Waals surface area contributed by atoms with Crippen LogP contribution in [0, 0.1) is 17.0 Å². The van der Waals surface area contributed by atoms with E-state index in [0.29, 0.717) is 5.56 Å². The van der Waals surface area contributed by atoms with E-state index in [0.717, 1.165) is 12.8 Å². The van der Waals surface area contributed by atoms with Crippen LogP contribution in [-0.4, -0.2) is 27.9 Å². The molecule has 0 aliphatic heterocycles. The summed E-state index contributed by atoms with van der Waals surface area (Å²) in [6, 6.07) is 1.13. The van der Waals surface area contributed by atoms with Gasteiger partial charge in [0.25, 0.3) is 0 Å². The maximum Gasteiger partial charge on any atom is 0.311 e. The Bertz CT molecular complexity index is 514. The second kappa shape index (κ2) is 5.21. The average Bonchev–Trinajstić information content (AvgIpc) is 3.14. The number of carbonyl (C=O) groups is 1. The summed E-state index contributed by atoms with van der Waals surface area (Å²) in [5.74, 6) is -0.0479. The van der Waals surface area contributed by atoms with E-state index in [1.165, 1.54) is 12.3 Å². The van der Waals surface area contributed by atoms with Crippen LogP contribution in [0.5, 0.6) is 0 Å². The third-order valence-electron chi connectivity index (χ3n) is 2.87. The van der Waals surface area contributed by atoms with Crippen LogP contribution in [0.1, 0.15) is 25.3 Å². The number of nitrogens with zero attached hydrogens (tertiary/aromatic N) is 2. The van der Waals surface area contributed by atoms with E-state index in [4.69, 9.17) is 0 Å². The molecule has 7 heteroatoms. The van der Waals surface area contributed by atoms with Crippen LogP contribution >= 0.6 is 0 Å². The van der Waals surface area contributed by atoms with E-state index in [2.05, 4.69) is 15.6 Å². The van der Waals surface area contributed by atoms with E-state index >= 15 is 0 Å². The van der Waals surface area contributed by atoms with Crippen LogP contribution in [0.4, 0.5) is 11.5 Å². The smallest absolute Gasteiger partial charge is 0.311 e. The number of carbonyl (C=O) groups excluding carboxylic acids is 1. The molecule has 0 saturated heterocycles. The fourth-order valence-electron chi connectivity index (χ4n) is 1.63. The molecule has 7 nitrogen and oxygen atoms in total. The Morgan fingerprint density at radius 2 is 2.26 bits per heavy atom. The molecule has 1 saturated carbocycles. The van der Waals surface area contributed by atoms with Crippen LogP contribution in [0.2, 0.25) is 0 Å². The number of pyridine rings is 1. The maximum absolute atomic E-state index is 11.8. The minimum atomic E-state index is -0.561. The molecule has 19 heavy (non-hydrogen) atoms. The summed E-state index contributed by atoms with van der Waals surface area (Å²) < 4.78 is 0. The van der Waals surface area contributed by atoms with Gasteiger partial charge in [-0.2, -0.15) is 0 Å². The first-order valence-corrected chi connectivity index (χ1v) is 6.15. The Balaban J connectivity index is 2.08. The van der Waals surface area contributed by atoms with Crippen LogP contribution in [0.3, 0.4) is 0 Å². The van der Waals surface area contributed by atoms with Gasteiger partial charge in [-0.1, -0.05) is 0 Å². The Kier molecular flexibility index (Phi) is 3.64. The minimum absolute atomic E-state index is 0.119. The third kappa shape index (κ3) is 3.40. The second-order valence-corrected chi connectivity index (χ2v) is 4.79. The summed E-state index contributed by atoms with van der Waals surface area (Å²) in [4.78, 5) is 26.2. The maximum atomic E-state index is 11.8. The van der Waals surface area contributed by atoms with Crippen molar-refractivity contribution in [2.75, 3.05) is 5.32 Å². The molecule has 0 radical (unpaired) electrons. The summed E-state index contributed by atoms with van der Waals surface area (Å²) >= 11 is 0. The van der Waals surface area contributed by atoms with Crippen molar-refractivity contribution in [1.82, 2.24) is 10.3 Å². The van der Waals surface area contributed by atoms with E-state index < -0.39 is 11.0 Å². The van der Waals surface area contributed by atoms with Crippen molar-refractivity contribution < 1.29 is 9.72 Å². The number of nitrogens with one attached hydrogen (secondary N) is 2. The van der Waals surface area contributed by atoms with Crippen molar-refractivity contribution in [2.24, 2.45) is 0 Å². The summed E-state index contributed by atoms with van der Waals surface area (Å²) in [7, 11) is 0. The van der Waals surface area contributed by atoms with E-state index in [-0.39, 0.29) is 23.5 Å². The lowest BCUT2D eigenvalue weighted by Crippen LogP contribution is -2.39. The highest BCUT2D eigenvalue weighted by Crippen LogP contribution is 2.23. The van der Waals surface area contributed by atoms with Gasteiger partial charge in [-0.3, -0.25) is 14.9 Å². The highest BCUT2D eigenvalue weighted by molar-refractivity contribution is 5.85. The molecular weight excluding hydrogens is 248 g/mol. The van der Waals surface area contributed by atoms with Gasteiger partial charge in [0.2, 0.25) is 11.7 Å². The van der Waals surface area contributed by atoms with Crippen molar-refractivity contribution in [3.8, 4) is 0 Å². The molecule has 1 aliphatic carbocycles. The zero-order valence-corrected chi connectivity index (χ0v) is 10.8. The number of rotatable bonds is 5. The van der Waals surface area contributed by atoms with Gasteiger partial charge in [-0.25, -0.2) is 4.98 Å². The highest BCUT2D eigenvalue weighted by atomic mass is 16.6. The van der Waals surface area contributed by atoms with Crippen LogP contribution in [0.25, 0.3) is 0 Å². The van der Waals surface area contributed by atoms with Crippen LogP contribution in [0.15, 0.2) is 12.3 Å². The SMILES string of the molecule is Cc1cnc(NC(C)C(=O)NC2CC2)c([N+](=O)[O-])c1. The molecule has 1 aliphatic rings. The average molecular weight is 264 g/mol. The molecule has 1 amide bonds. The lowest BCUT2D eigenvalue weighted by Gasteiger charge is -2.14. The fraction of sp³-hybridized carbons (Fsp3) is 0.500. The zero-order valence-electron chi connectivity index (χ0n) is 10.8. The Hall–Kier alpha value is -2.18. The first-order valence-electron chi connectivity index (χ1n) is 6.15. The Morgan fingerprint density at radius 1 is 1.58 bits per heavy atom. The number of aryl methyl sites for hydroxylation is 1. The number of aromatic nitrogens is 1.